The fourth-order valence-corrected chi connectivity index (χ4v) is 0.770. The highest BCUT2D eigenvalue weighted by Crippen LogP contribution is 2.48. The van der Waals surface area contributed by atoms with Crippen LogP contribution in [-0.2, 0) is 14.2 Å². The van der Waals surface area contributed by atoms with Gasteiger partial charge in [-0.25, -0.2) is 14.2 Å². The van der Waals surface area contributed by atoms with E-state index in [1.165, 1.54) is 4.74 Å². The van der Waals surface area contributed by atoms with Gasteiger partial charge in [0, 0.05) is 0 Å². The van der Waals surface area contributed by atoms with Crippen LogP contribution in [0.5, 0.6) is 0 Å². The predicted octanol–water partition coefficient (Wildman–Crippen LogP) is 4.99. The van der Waals surface area contributed by atoms with E-state index in [4.69, 9.17) is 0 Å². The van der Waals surface area contributed by atoms with Crippen molar-refractivity contribution in [2.45, 2.75) is 35.6 Å². The van der Waals surface area contributed by atoms with Crippen LogP contribution in [0.25, 0.3) is 0 Å². The van der Waals surface area contributed by atoms with Crippen molar-refractivity contribution in [2.24, 2.45) is 0 Å². The molecule has 0 bridgehead atoms. The maximum absolute atomic E-state index is 12.7. The number of alkyl halides is 14. The minimum Gasteiger partial charge on any atom is -0.237 e. The highest BCUT2D eigenvalue weighted by molar-refractivity contribution is 6.31. The molecule has 0 N–H and O–H groups in total. The molecule has 0 aliphatic heterocycles. The maximum atomic E-state index is 12.7. The molecule has 0 amide bonds. The van der Waals surface area contributed by atoms with Crippen LogP contribution in [0.1, 0.15) is 0 Å². The Morgan fingerprint density at radius 2 is 0.870 bits per heavy atom. The lowest BCUT2D eigenvalue weighted by Gasteiger charge is -2.31. The van der Waals surface area contributed by atoms with Gasteiger partial charge in [0.1, 0.15) is 0 Å². The smallest absolute Gasteiger partial charge is 0.237 e. The molecule has 140 valence electrons. The van der Waals surface area contributed by atoms with Crippen LogP contribution in [0.4, 0.5) is 52.7 Å². The monoisotopic (exact) mass is 418 g/mol. The lowest BCUT2D eigenvalue weighted by Crippen LogP contribution is -2.53. The first-order valence-electron chi connectivity index (χ1n) is 4.37. The Hall–Kier alpha value is -0.380. The molecule has 3 nitrogen and oxygen atoms in total. The molecule has 1 unspecified atom stereocenters. The first kappa shape index (κ1) is 22.6. The zero-order chi connectivity index (χ0) is 19.1. The average Bonchev–Trinajstić information content (AvgIpc) is 2.05. The third-order valence-electron chi connectivity index (χ3n) is 1.41. The highest BCUT2D eigenvalue weighted by Gasteiger charge is 2.70. The Balaban J connectivity index is 5.28. The summed E-state index contributed by atoms with van der Waals surface area (Å²) in [6, 6.07) is 0. The van der Waals surface area contributed by atoms with E-state index in [1.807, 2.05) is 0 Å². The largest absolute Gasteiger partial charge is 0.527 e. The second-order valence-electron chi connectivity index (χ2n) is 3.26. The van der Waals surface area contributed by atoms with Crippen molar-refractivity contribution >= 4 is 23.2 Å². The van der Waals surface area contributed by atoms with Gasteiger partial charge >= 0.3 is 35.6 Å². The lowest BCUT2D eigenvalue weighted by molar-refractivity contribution is -0.565. The van der Waals surface area contributed by atoms with E-state index >= 15 is 0 Å². The average molecular weight is 419 g/mol. The zero-order valence-corrected chi connectivity index (χ0v) is 11.0. The topological polar surface area (TPSA) is 27.7 Å². The van der Waals surface area contributed by atoms with Crippen LogP contribution >= 0.6 is 23.2 Å². The van der Waals surface area contributed by atoms with Crippen LogP contribution in [0, 0.1) is 0 Å². The van der Waals surface area contributed by atoms with Gasteiger partial charge in [0.25, 0.3) is 0 Å². The van der Waals surface area contributed by atoms with Gasteiger partial charge in [-0.3, -0.25) is 0 Å². The van der Waals surface area contributed by atoms with Crippen molar-refractivity contribution in [2.75, 3.05) is 0 Å². The normalized spacial score (nSPS) is 18.0. The van der Waals surface area contributed by atoms with Gasteiger partial charge in [0.05, 0.1) is 0 Å². The van der Waals surface area contributed by atoms with Crippen molar-refractivity contribution in [3.05, 3.63) is 0 Å². The van der Waals surface area contributed by atoms with Gasteiger partial charge in [-0.1, -0.05) is 0 Å². The summed E-state index contributed by atoms with van der Waals surface area (Å²) in [6.45, 7) is 0. The molecule has 0 aliphatic rings. The fraction of sp³-hybridized carbons (Fsp3) is 1.00. The van der Waals surface area contributed by atoms with Gasteiger partial charge in [0.15, 0.2) is 0 Å². The Morgan fingerprint density at radius 3 is 1.17 bits per heavy atom. The first-order chi connectivity index (χ1) is 9.62. The molecule has 0 aromatic carbocycles. The van der Waals surface area contributed by atoms with Crippen LogP contribution in [0.3, 0.4) is 0 Å². The molecule has 0 aromatic heterocycles. The van der Waals surface area contributed by atoms with Gasteiger partial charge in [-0.05, 0) is 23.2 Å². The first-order valence-corrected chi connectivity index (χ1v) is 5.13. The summed E-state index contributed by atoms with van der Waals surface area (Å²) in [7, 11) is 0. The van der Waals surface area contributed by atoms with E-state index in [-0.39, 0.29) is 0 Å². The van der Waals surface area contributed by atoms with E-state index in [1.54, 1.807) is 4.74 Å². The Kier molecular flexibility index (Phi) is 6.06. The third-order valence-corrected chi connectivity index (χ3v) is 2.06. The van der Waals surface area contributed by atoms with E-state index in [0.717, 1.165) is 0 Å². The van der Waals surface area contributed by atoms with E-state index in [9.17, 15) is 52.7 Å². The van der Waals surface area contributed by atoms with Gasteiger partial charge < -0.3 is 0 Å². The summed E-state index contributed by atoms with van der Waals surface area (Å²) >= 11 is 7.79. The van der Waals surface area contributed by atoms with Crippen LogP contribution in [-0.4, -0.2) is 35.6 Å². The molecule has 0 saturated heterocycles. The molecule has 17 heteroatoms. The van der Waals surface area contributed by atoms with Crippen molar-refractivity contribution in [1.82, 2.24) is 0 Å². The molecule has 0 radical (unpaired) electrons. The van der Waals surface area contributed by atoms with Crippen molar-refractivity contribution < 1.29 is 66.9 Å². The number of hydrogen-bond acceptors (Lipinski definition) is 3. The molecular formula is C6Cl2F12O3. The van der Waals surface area contributed by atoms with Crippen LogP contribution < -0.4 is 0 Å². The standard InChI is InChI=1S/C6Cl2F12O3/c7-1(9,10)2(8,11)21-6(19,20)23-4(14,15)3(12,13)22-5(16,17)18. The van der Waals surface area contributed by atoms with Crippen molar-refractivity contribution in [3.8, 4) is 0 Å². The van der Waals surface area contributed by atoms with Crippen molar-refractivity contribution in [3.63, 3.8) is 0 Å². The van der Waals surface area contributed by atoms with Gasteiger partial charge in [-0.15, -0.1) is 22.0 Å². The Morgan fingerprint density at radius 1 is 0.522 bits per heavy atom. The van der Waals surface area contributed by atoms with E-state index in [2.05, 4.69) is 27.9 Å². The van der Waals surface area contributed by atoms with Gasteiger partial charge in [-0.2, -0.15) is 30.7 Å². The zero-order valence-electron chi connectivity index (χ0n) is 9.52. The summed E-state index contributed by atoms with van der Waals surface area (Å²) in [6.07, 6.45) is -26.5. The van der Waals surface area contributed by atoms with Crippen LogP contribution in [0.15, 0.2) is 0 Å². The van der Waals surface area contributed by atoms with E-state index < -0.39 is 35.6 Å². The molecule has 0 saturated carbocycles. The second-order valence-corrected chi connectivity index (χ2v) is 4.22. The number of rotatable bonds is 7. The summed E-state index contributed by atoms with van der Waals surface area (Å²) in [5, 5.41) is -11.0. The second kappa shape index (κ2) is 6.16. The summed E-state index contributed by atoms with van der Waals surface area (Å²) in [4.78, 5) is 0. The summed E-state index contributed by atoms with van der Waals surface area (Å²) in [5.41, 5.74) is 0. The molecule has 0 spiro atoms. The molecule has 0 aliphatic carbocycles. The minimum absolute atomic E-state index is 1.54. The summed E-state index contributed by atoms with van der Waals surface area (Å²) < 4.78 is 152. The minimum atomic E-state index is -6.83. The molecular weight excluding hydrogens is 419 g/mol. The van der Waals surface area contributed by atoms with E-state index in [0.29, 0.717) is 0 Å². The predicted molar refractivity (Wildman–Crippen MR) is 44.6 cm³/mol. The molecule has 0 aromatic rings. The molecule has 1 atom stereocenters. The third kappa shape index (κ3) is 6.56. The maximum Gasteiger partial charge on any atom is 0.527 e. The molecule has 0 rings (SSSR count). The Labute approximate surface area is 126 Å². The van der Waals surface area contributed by atoms with Crippen molar-refractivity contribution in [1.29, 1.82) is 0 Å². The summed E-state index contributed by atoms with van der Waals surface area (Å²) in [5.74, 6) is 0. The fourth-order valence-electron chi connectivity index (χ4n) is 0.641. The van der Waals surface area contributed by atoms with Gasteiger partial charge in [0.2, 0.25) is 0 Å². The lowest BCUT2D eigenvalue weighted by atomic mass is 10.6. The highest BCUT2D eigenvalue weighted by atomic mass is 35.5. The molecule has 0 heterocycles. The molecule has 0 fully saturated rings. The number of halogens is 14. The quantitative estimate of drug-likeness (QED) is 0.331. The number of hydrogen-bond donors (Lipinski definition) is 0. The molecule has 23 heavy (non-hydrogen) atoms. The number of ether oxygens (including phenoxy) is 3. The van der Waals surface area contributed by atoms with Crippen LogP contribution in [0.2, 0.25) is 0 Å². The Bertz CT molecular complexity index is 416. The SMILES string of the molecule is FC(F)(F)OC(F)(F)C(F)(F)OC(F)(F)OC(F)(Cl)C(F)(F)Cl.